The van der Waals surface area contributed by atoms with E-state index in [2.05, 4.69) is 23.3 Å². The zero-order valence-electron chi connectivity index (χ0n) is 10.8. The van der Waals surface area contributed by atoms with Crippen LogP contribution < -0.4 is 11.1 Å². The Labute approximate surface area is 108 Å². The number of nitrogens with two attached hydrogens (primary N) is 1. The highest BCUT2D eigenvalue weighted by atomic mass is 15.2. The number of anilines is 2. The SMILES string of the molecule is CN1CCCCC1CNc1ccc(N)c(C#N)c1. The van der Waals surface area contributed by atoms with Gasteiger partial charge in [0, 0.05) is 24.0 Å². The second-order valence-electron chi connectivity index (χ2n) is 4.92. The van der Waals surface area contributed by atoms with Crippen LogP contribution in [0.15, 0.2) is 18.2 Å². The van der Waals surface area contributed by atoms with Gasteiger partial charge < -0.3 is 16.0 Å². The molecule has 1 aliphatic heterocycles. The Balaban J connectivity index is 1.95. The number of benzene rings is 1. The van der Waals surface area contributed by atoms with Crippen LogP contribution in [0, 0.1) is 11.3 Å². The maximum Gasteiger partial charge on any atom is 0.101 e. The van der Waals surface area contributed by atoms with Crippen LogP contribution in [0.4, 0.5) is 11.4 Å². The molecule has 1 saturated heterocycles. The summed E-state index contributed by atoms with van der Waals surface area (Å²) in [6.07, 6.45) is 3.85. The lowest BCUT2D eigenvalue weighted by molar-refractivity contribution is 0.194. The van der Waals surface area contributed by atoms with Crippen molar-refractivity contribution < 1.29 is 0 Å². The zero-order valence-corrected chi connectivity index (χ0v) is 10.8. The molecule has 1 aromatic rings. The fourth-order valence-electron chi connectivity index (χ4n) is 2.40. The quantitative estimate of drug-likeness (QED) is 0.799. The lowest BCUT2D eigenvalue weighted by atomic mass is 10.0. The Kier molecular flexibility index (Phi) is 4.06. The molecule has 0 spiro atoms. The number of nitrogens with one attached hydrogen (secondary N) is 1. The van der Waals surface area contributed by atoms with Crippen LogP contribution >= 0.6 is 0 Å². The predicted octanol–water partition coefficient (Wildman–Crippen LogP) is 2.04. The van der Waals surface area contributed by atoms with Crippen molar-refractivity contribution >= 4 is 11.4 Å². The number of nitrogens with zero attached hydrogens (tertiary/aromatic N) is 2. The predicted molar refractivity (Wildman–Crippen MR) is 74.3 cm³/mol. The normalized spacial score (nSPS) is 20.3. The summed E-state index contributed by atoms with van der Waals surface area (Å²) in [7, 11) is 2.18. The minimum Gasteiger partial charge on any atom is -0.398 e. The highest BCUT2D eigenvalue weighted by Crippen LogP contribution is 2.19. The molecular weight excluding hydrogens is 224 g/mol. The van der Waals surface area contributed by atoms with E-state index in [0.29, 0.717) is 17.3 Å². The Bertz CT molecular complexity index is 450. The lowest BCUT2D eigenvalue weighted by Crippen LogP contribution is -2.40. The molecule has 1 unspecified atom stereocenters. The maximum absolute atomic E-state index is 8.94. The van der Waals surface area contributed by atoms with E-state index in [0.717, 1.165) is 12.2 Å². The van der Waals surface area contributed by atoms with Gasteiger partial charge >= 0.3 is 0 Å². The van der Waals surface area contributed by atoms with Gasteiger partial charge in [-0.05, 0) is 44.6 Å². The summed E-state index contributed by atoms with van der Waals surface area (Å²) in [5.41, 5.74) is 7.75. The summed E-state index contributed by atoms with van der Waals surface area (Å²) < 4.78 is 0. The second-order valence-corrected chi connectivity index (χ2v) is 4.92. The van der Waals surface area contributed by atoms with Gasteiger partial charge in [0.2, 0.25) is 0 Å². The van der Waals surface area contributed by atoms with Crippen molar-refractivity contribution in [2.45, 2.75) is 25.3 Å². The molecule has 1 heterocycles. The monoisotopic (exact) mass is 244 g/mol. The summed E-state index contributed by atoms with van der Waals surface area (Å²) in [4.78, 5) is 2.40. The molecule has 1 fully saturated rings. The van der Waals surface area contributed by atoms with Crippen molar-refractivity contribution in [2.24, 2.45) is 0 Å². The number of likely N-dealkylation sites (tertiary alicyclic amines) is 1. The van der Waals surface area contributed by atoms with E-state index in [1.165, 1.54) is 25.8 Å². The first kappa shape index (κ1) is 12.7. The van der Waals surface area contributed by atoms with E-state index in [1.807, 2.05) is 12.1 Å². The molecule has 0 amide bonds. The first-order valence-corrected chi connectivity index (χ1v) is 6.44. The lowest BCUT2D eigenvalue weighted by Gasteiger charge is -2.32. The molecule has 0 aliphatic carbocycles. The van der Waals surface area contributed by atoms with Gasteiger partial charge in [-0.15, -0.1) is 0 Å². The topological polar surface area (TPSA) is 65.1 Å². The van der Waals surface area contributed by atoms with Crippen LogP contribution in [0.3, 0.4) is 0 Å². The number of hydrogen-bond donors (Lipinski definition) is 2. The minimum absolute atomic E-state index is 0.539. The third-order valence-corrected chi connectivity index (χ3v) is 3.64. The molecule has 3 N–H and O–H groups in total. The minimum atomic E-state index is 0.539. The molecule has 0 radical (unpaired) electrons. The molecule has 4 nitrogen and oxygen atoms in total. The number of hydrogen-bond acceptors (Lipinski definition) is 4. The molecule has 2 rings (SSSR count). The molecule has 96 valence electrons. The van der Waals surface area contributed by atoms with E-state index in [4.69, 9.17) is 11.0 Å². The highest BCUT2D eigenvalue weighted by Gasteiger charge is 2.18. The summed E-state index contributed by atoms with van der Waals surface area (Å²) in [5, 5.41) is 12.3. The molecular formula is C14H20N4. The zero-order chi connectivity index (χ0) is 13.0. The third-order valence-electron chi connectivity index (χ3n) is 3.64. The van der Waals surface area contributed by atoms with Crippen molar-refractivity contribution in [1.82, 2.24) is 4.90 Å². The van der Waals surface area contributed by atoms with Gasteiger partial charge in [0.1, 0.15) is 6.07 Å². The van der Waals surface area contributed by atoms with Crippen LogP contribution in [0.1, 0.15) is 24.8 Å². The van der Waals surface area contributed by atoms with Crippen LogP contribution in [-0.2, 0) is 0 Å². The van der Waals surface area contributed by atoms with Gasteiger partial charge in [-0.3, -0.25) is 0 Å². The Hall–Kier alpha value is -1.73. The average Bonchev–Trinajstić information content (AvgIpc) is 2.39. The molecule has 0 saturated carbocycles. The number of likely N-dealkylation sites (N-methyl/N-ethyl adjacent to an activating group) is 1. The van der Waals surface area contributed by atoms with Crippen LogP contribution in [0.5, 0.6) is 0 Å². The summed E-state index contributed by atoms with van der Waals surface area (Å²) >= 11 is 0. The smallest absolute Gasteiger partial charge is 0.101 e. The molecule has 1 aromatic carbocycles. The summed E-state index contributed by atoms with van der Waals surface area (Å²) in [5.74, 6) is 0. The van der Waals surface area contributed by atoms with Gasteiger partial charge in [0.05, 0.1) is 5.56 Å². The Morgan fingerprint density at radius 1 is 1.50 bits per heavy atom. The maximum atomic E-state index is 8.94. The fourth-order valence-corrected chi connectivity index (χ4v) is 2.40. The van der Waals surface area contributed by atoms with Crippen LogP contribution in [0.25, 0.3) is 0 Å². The van der Waals surface area contributed by atoms with Crippen molar-refractivity contribution in [1.29, 1.82) is 5.26 Å². The van der Waals surface area contributed by atoms with E-state index in [-0.39, 0.29) is 0 Å². The van der Waals surface area contributed by atoms with E-state index < -0.39 is 0 Å². The molecule has 0 bridgehead atoms. The Morgan fingerprint density at radius 2 is 2.33 bits per heavy atom. The number of rotatable bonds is 3. The second kappa shape index (κ2) is 5.74. The first-order chi connectivity index (χ1) is 8.70. The number of nitrogen functional groups attached to an aromatic ring is 1. The Morgan fingerprint density at radius 3 is 3.06 bits per heavy atom. The van der Waals surface area contributed by atoms with Crippen molar-refractivity contribution in [3.63, 3.8) is 0 Å². The number of nitriles is 1. The fraction of sp³-hybridized carbons (Fsp3) is 0.500. The molecule has 0 aromatic heterocycles. The first-order valence-electron chi connectivity index (χ1n) is 6.44. The van der Waals surface area contributed by atoms with E-state index in [1.54, 1.807) is 6.07 Å². The third kappa shape index (κ3) is 2.93. The van der Waals surface area contributed by atoms with Crippen molar-refractivity contribution in [3.8, 4) is 6.07 Å². The van der Waals surface area contributed by atoms with Gasteiger partial charge in [-0.25, -0.2) is 0 Å². The van der Waals surface area contributed by atoms with E-state index in [9.17, 15) is 0 Å². The highest BCUT2D eigenvalue weighted by molar-refractivity contribution is 5.61. The molecule has 18 heavy (non-hydrogen) atoms. The van der Waals surface area contributed by atoms with Gasteiger partial charge in [0.25, 0.3) is 0 Å². The van der Waals surface area contributed by atoms with Crippen LogP contribution in [0.2, 0.25) is 0 Å². The standard InChI is InChI=1S/C14H20N4/c1-18-7-3-2-4-13(18)10-17-12-5-6-14(16)11(8-12)9-15/h5-6,8,13,17H,2-4,7,10,16H2,1H3. The molecule has 1 aliphatic rings. The van der Waals surface area contributed by atoms with Gasteiger partial charge in [0.15, 0.2) is 0 Å². The summed E-state index contributed by atoms with van der Waals surface area (Å²) in [6.45, 7) is 2.10. The van der Waals surface area contributed by atoms with Gasteiger partial charge in [-0.2, -0.15) is 5.26 Å². The molecule has 1 atom stereocenters. The van der Waals surface area contributed by atoms with Gasteiger partial charge in [-0.1, -0.05) is 6.42 Å². The summed E-state index contributed by atoms with van der Waals surface area (Å²) in [6, 6.07) is 8.22. The largest absolute Gasteiger partial charge is 0.398 e. The average molecular weight is 244 g/mol. The van der Waals surface area contributed by atoms with Crippen molar-refractivity contribution in [3.05, 3.63) is 23.8 Å². The number of piperidine rings is 1. The molecule has 4 heteroatoms. The van der Waals surface area contributed by atoms with Crippen LogP contribution in [-0.4, -0.2) is 31.1 Å². The van der Waals surface area contributed by atoms with E-state index >= 15 is 0 Å². The van der Waals surface area contributed by atoms with Crippen molar-refractivity contribution in [2.75, 3.05) is 31.2 Å².